The number of tetrazole rings is 1. The van der Waals surface area contributed by atoms with Crippen molar-refractivity contribution in [1.82, 2.24) is 29.8 Å². The van der Waals surface area contributed by atoms with Gasteiger partial charge in [0.05, 0.1) is 33.4 Å². The summed E-state index contributed by atoms with van der Waals surface area (Å²) in [6, 6.07) is 21.8. The number of nitrogens with zero attached hydrogens (tertiary/aromatic N) is 5. The maximum atomic E-state index is 15.3. The van der Waals surface area contributed by atoms with Crippen LogP contribution in [0.4, 0.5) is 18.0 Å². The number of amides is 1. The van der Waals surface area contributed by atoms with Crippen molar-refractivity contribution < 1.29 is 45.7 Å². The molecule has 1 saturated carbocycles. The standard InChI is InChI=1S/C39H41F3N6O7S/c1-53-30-14-4-25(5-15-30)22-47(23-26-6-16-31(54-2)17-7-26)56(51,52)36-34(39(40,41)42)21-20-33(28-10-12-29(13-11-28)43-38(49)50)35(36)37-44-45-46-48(37)24-27-8-18-32(55-3)19-9-27/h4-9,14-21,28-29,43H,10-13,22-24H2,1-3H3,(H,49,50). The normalized spacial score (nSPS) is 16.1. The molecule has 1 aliphatic carbocycles. The number of ether oxygens (including phenoxy) is 3. The number of hydrogen-bond acceptors (Lipinski definition) is 9. The van der Waals surface area contributed by atoms with Crippen LogP contribution >= 0.6 is 0 Å². The van der Waals surface area contributed by atoms with Crippen molar-refractivity contribution in [3.05, 3.63) is 113 Å². The summed E-state index contributed by atoms with van der Waals surface area (Å²) in [6.07, 6.45) is -4.79. The second kappa shape index (κ2) is 17.0. The largest absolute Gasteiger partial charge is 0.497 e. The molecule has 17 heteroatoms. The van der Waals surface area contributed by atoms with Crippen LogP contribution in [0.15, 0.2) is 89.8 Å². The number of rotatable bonds is 14. The molecule has 2 N–H and O–H groups in total. The number of aromatic nitrogens is 4. The van der Waals surface area contributed by atoms with Crippen LogP contribution in [0.2, 0.25) is 0 Å². The van der Waals surface area contributed by atoms with Gasteiger partial charge in [0.2, 0.25) is 10.0 Å². The topological polar surface area (TPSA) is 158 Å². The van der Waals surface area contributed by atoms with Gasteiger partial charge in [-0.25, -0.2) is 17.9 Å². The lowest BCUT2D eigenvalue weighted by Crippen LogP contribution is -2.36. The Morgan fingerprint density at radius 1 is 0.804 bits per heavy atom. The second-order valence-electron chi connectivity index (χ2n) is 13.4. The molecule has 0 spiro atoms. The number of nitrogens with one attached hydrogen (secondary N) is 1. The number of carboxylic acid groups (broad SMARTS) is 1. The molecule has 13 nitrogen and oxygen atoms in total. The Morgan fingerprint density at radius 3 is 1.77 bits per heavy atom. The van der Waals surface area contributed by atoms with Crippen LogP contribution in [-0.2, 0) is 35.8 Å². The molecule has 0 radical (unpaired) electrons. The fourth-order valence-electron chi connectivity index (χ4n) is 7.00. The lowest BCUT2D eigenvalue weighted by molar-refractivity contribution is -0.139. The zero-order valence-electron chi connectivity index (χ0n) is 30.9. The van der Waals surface area contributed by atoms with Gasteiger partial charge in [0.1, 0.15) is 22.1 Å². The Kier molecular flexibility index (Phi) is 12.1. The maximum absolute atomic E-state index is 15.3. The molecule has 56 heavy (non-hydrogen) atoms. The number of carbonyl (C=O) groups is 1. The van der Waals surface area contributed by atoms with E-state index in [0.717, 1.165) is 10.4 Å². The van der Waals surface area contributed by atoms with Gasteiger partial charge in [-0.2, -0.15) is 17.5 Å². The minimum atomic E-state index is -5.11. The second-order valence-corrected chi connectivity index (χ2v) is 15.3. The Balaban J connectivity index is 1.56. The molecule has 1 aromatic heterocycles. The van der Waals surface area contributed by atoms with Crippen LogP contribution in [0.25, 0.3) is 11.4 Å². The summed E-state index contributed by atoms with van der Waals surface area (Å²) < 4.78 is 94.7. The Bertz CT molecular complexity index is 2180. The summed E-state index contributed by atoms with van der Waals surface area (Å²) in [7, 11) is -0.561. The average Bonchev–Trinajstić information content (AvgIpc) is 3.65. The van der Waals surface area contributed by atoms with Gasteiger partial charge in [-0.3, -0.25) is 0 Å². The third-order valence-corrected chi connectivity index (χ3v) is 11.7. The van der Waals surface area contributed by atoms with Crippen LogP contribution in [0.5, 0.6) is 17.2 Å². The highest BCUT2D eigenvalue weighted by molar-refractivity contribution is 7.89. The highest BCUT2D eigenvalue weighted by Crippen LogP contribution is 2.46. The summed E-state index contributed by atoms with van der Waals surface area (Å²) in [5.74, 6) is 1.01. The molecule has 6 rings (SSSR count). The van der Waals surface area contributed by atoms with Crippen molar-refractivity contribution in [3.63, 3.8) is 0 Å². The maximum Gasteiger partial charge on any atom is 0.417 e. The van der Waals surface area contributed by atoms with Crippen LogP contribution < -0.4 is 19.5 Å². The van der Waals surface area contributed by atoms with E-state index in [-0.39, 0.29) is 37.1 Å². The van der Waals surface area contributed by atoms with E-state index in [0.29, 0.717) is 65.2 Å². The average molecular weight is 795 g/mol. The number of methoxy groups -OCH3 is 3. The highest BCUT2D eigenvalue weighted by atomic mass is 32.2. The first-order valence-corrected chi connectivity index (χ1v) is 19.1. The van der Waals surface area contributed by atoms with Crippen LogP contribution in [-0.4, -0.2) is 71.5 Å². The predicted octanol–water partition coefficient (Wildman–Crippen LogP) is 7.12. The van der Waals surface area contributed by atoms with E-state index in [4.69, 9.17) is 14.2 Å². The molecule has 4 aromatic carbocycles. The number of hydrogen-bond donors (Lipinski definition) is 2. The van der Waals surface area contributed by atoms with E-state index in [9.17, 15) is 9.90 Å². The highest BCUT2D eigenvalue weighted by Gasteiger charge is 2.44. The van der Waals surface area contributed by atoms with Crippen molar-refractivity contribution in [2.24, 2.45) is 0 Å². The number of alkyl halides is 3. The Labute approximate surface area is 322 Å². The molecule has 0 unspecified atom stereocenters. The molecular formula is C39H41F3N6O7S. The zero-order valence-corrected chi connectivity index (χ0v) is 31.7. The molecule has 1 fully saturated rings. The third-order valence-electron chi connectivity index (χ3n) is 9.87. The first-order valence-electron chi connectivity index (χ1n) is 17.7. The lowest BCUT2D eigenvalue weighted by atomic mass is 9.79. The predicted molar refractivity (Wildman–Crippen MR) is 199 cm³/mol. The van der Waals surface area contributed by atoms with Gasteiger partial charge in [0.15, 0.2) is 5.82 Å². The fraction of sp³-hybridized carbons (Fsp3) is 0.333. The molecule has 0 aliphatic heterocycles. The van der Waals surface area contributed by atoms with Gasteiger partial charge in [0.25, 0.3) is 0 Å². The molecule has 0 saturated heterocycles. The van der Waals surface area contributed by atoms with Crippen molar-refractivity contribution in [1.29, 1.82) is 0 Å². The van der Waals surface area contributed by atoms with Gasteiger partial charge in [-0.15, -0.1) is 5.10 Å². The van der Waals surface area contributed by atoms with Crippen LogP contribution in [0.3, 0.4) is 0 Å². The first kappa shape index (κ1) is 40.0. The fourth-order valence-corrected chi connectivity index (χ4v) is 8.83. The van der Waals surface area contributed by atoms with E-state index in [1.807, 2.05) is 0 Å². The zero-order chi connectivity index (χ0) is 40.0. The smallest absolute Gasteiger partial charge is 0.417 e. The summed E-state index contributed by atoms with van der Waals surface area (Å²) in [4.78, 5) is 10.4. The summed E-state index contributed by atoms with van der Waals surface area (Å²) in [5.41, 5.74) is 0.363. The monoisotopic (exact) mass is 794 g/mol. The molecule has 1 heterocycles. The van der Waals surface area contributed by atoms with E-state index < -0.39 is 38.7 Å². The van der Waals surface area contributed by atoms with Gasteiger partial charge >= 0.3 is 12.3 Å². The van der Waals surface area contributed by atoms with E-state index >= 15 is 21.6 Å². The molecule has 0 bridgehead atoms. The quantitative estimate of drug-likeness (QED) is 0.119. The third kappa shape index (κ3) is 9.05. The minimum Gasteiger partial charge on any atom is -0.497 e. The van der Waals surface area contributed by atoms with Crippen molar-refractivity contribution in [2.75, 3.05) is 21.3 Å². The van der Waals surface area contributed by atoms with Crippen molar-refractivity contribution >= 4 is 16.1 Å². The summed E-state index contributed by atoms with van der Waals surface area (Å²) in [6.45, 7) is -0.581. The van der Waals surface area contributed by atoms with Crippen LogP contribution in [0.1, 0.15) is 59.4 Å². The number of halogens is 3. The molecule has 0 atom stereocenters. The number of benzene rings is 4. The SMILES string of the molecule is COc1ccc(CN(Cc2ccc(OC)cc2)S(=O)(=O)c2c(C(F)(F)F)ccc(C3CCC(NC(=O)O)CC3)c2-c2nnnn2Cc2ccc(OC)cc2)cc1. The first-order chi connectivity index (χ1) is 26.8. The Hall–Kier alpha value is -5.68. The molecular weight excluding hydrogens is 754 g/mol. The van der Waals surface area contributed by atoms with Crippen molar-refractivity contribution in [3.8, 4) is 28.6 Å². The van der Waals surface area contributed by atoms with E-state index in [1.165, 1.54) is 32.1 Å². The molecule has 1 amide bonds. The molecule has 296 valence electrons. The number of sulfonamides is 1. The summed E-state index contributed by atoms with van der Waals surface area (Å²) in [5, 5.41) is 24.0. The van der Waals surface area contributed by atoms with Crippen molar-refractivity contribution in [2.45, 2.75) is 68.3 Å². The molecule has 1 aliphatic rings. The van der Waals surface area contributed by atoms with Crippen LogP contribution in [0, 0.1) is 0 Å². The molecule has 5 aromatic rings. The van der Waals surface area contributed by atoms with Gasteiger partial charge in [-0.05, 0) is 107 Å². The van der Waals surface area contributed by atoms with Gasteiger partial charge in [-0.1, -0.05) is 42.5 Å². The van der Waals surface area contributed by atoms with Gasteiger partial charge in [0, 0.05) is 24.7 Å². The van der Waals surface area contributed by atoms with E-state index in [1.54, 1.807) is 72.8 Å². The lowest BCUT2D eigenvalue weighted by Gasteiger charge is -2.32. The minimum absolute atomic E-state index is 0.00180. The van der Waals surface area contributed by atoms with E-state index in [2.05, 4.69) is 20.8 Å². The Morgan fingerprint density at radius 2 is 1.30 bits per heavy atom. The van der Waals surface area contributed by atoms with Gasteiger partial charge < -0.3 is 24.6 Å². The summed E-state index contributed by atoms with van der Waals surface area (Å²) >= 11 is 0.